The molecule has 2 atom stereocenters. The molecule has 5 rings (SSSR count). The number of carboxylic acids is 1. The van der Waals surface area contributed by atoms with Gasteiger partial charge in [0.15, 0.2) is 17.0 Å². The average Bonchev–Trinajstić information content (AvgIpc) is 3.55. The number of β-lactam (4-membered cyclic amide) rings is 1. The van der Waals surface area contributed by atoms with E-state index in [1.54, 1.807) is 34.1 Å². The number of carbonyl (C=O) groups is 3. The number of thiazole rings is 1. The fraction of sp³-hybridized carbons (Fsp3) is 0.348. The minimum atomic E-state index is -1.46. The van der Waals surface area contributed by atoms with Crippen molar-refractivity contribution < 1.29 is 28.9 Å². The number of carbonyl (C=O) groups excluding carboxylic acids is 3. The zero-order chi connectivity index (χ0) is 28.4. The highest BCUT2D eigenvalue weighted by atomic mass is 32.2. The Balaban J connectivity index is 1.33. The zero-order valence-corrected chi connectivity index (χ0v) is 23.6. The second kappa shape index (κ2) is 11.8. The molecule has 2 amide bonds. The van der Waals surface area contributed by atoms with Gasteiger partial charge in [-0.05, 0) is 19.0 Å². The largest absolute Gasteiger partial charge is 0.543 e. The van der Waals surface area contributed by atoms with Gasteiger partial charge in [-0.25, -0.2) is 9.55 Å². The highest BCUT2D eigenvalue weighted by Crippen LogP contribution is 2.40. The molecule has 14 nitrogen and oxygen atoms in total. The topological polar surface area (TPSA) is 197 Å². The van der Waals surface area contributed by atoms with Crippen LogP contribution in [0.2, 0.25) is 0 Å². The van der Waals surface area contributed by atoms with Crippen LogP contribution in [0.4, 0.5) is 5.13 Å². The maximum absolute atomic E-state index is 13.1. The molecule has 3 aromatic rings. The van der Waals surface area contributed by atoms with E-state index in [1.165, 1.54) is 23.8 Å². The number of nitrogens with zero attached hydrogens (tertiary/aromatic N) is 6. The van der Waals surface area contributed by atoms with Gasteiger partial charge in [-0.15, -0.1) is 39.4 Å². The van der Waals surface area contributed by atoms with Crippen LogP contribution in [0.25, 0.3) is 5.65 Å². The number of nitrogens with two attached hydrogens (primary N) is 2. The molecule has 5 N–H and O–H groups in total. The predicted molar refractivity (Wildman–Crippen MR) is 147 cm³/mol. The van der Waals surface area contributed by atoms with Crippen LogP contribution in [0, 0.1) is 0 Å². The Hall–Kier alpha value is -3.67. The van der Waals surface area contributed by atoms with Gasteiger partial charge in [0.1, 0.15) is 42.0 Å². The molecule has 0 radical (unpaired) electrons. The zero-order valence-electron chi connectivity index (χ0n) is 21.2. The standard InChI is InChI=1S/C23H25N9O5S3/c1-37-29-16(13-11-40-23(25)26-13)19(33)27-17-20(34)32-18(22(35)36)12(10-39-21(17)32)9-30-6-7-31-15(30)4-3-14(28-31)38-8-2-5-24/h3-4,6-7,11,17,21H,2,5,8-10,24H2,1H3,(H3-,25,26,27,33,35,36)/b29-16-/t17-,21-/m1/s1. The van der Waals surface area contributed by atoms with E-state index < -0.39 is 29.2 Å². The van der Waals surface area contributed by atoms with Crippen LogP contribution in [0.1, 0.15) is 12.1 Å². The predicted octanol–water partition coefficient (Wildman–Crippen LogP) is -1.44. The molecule has 0 spiro atoms. The first-order valence-corrected chi connectivity index (χ1v) is 15.0. The Morgan fingerprint density at radius 1 is 1.40 bits per heavy atom. The van der Waals surface area contributed by atoms with Gasteiger partial charge in [-0.1, -0.05) is 10.3 Å². The summed E-state index contributed by atoms with van der Waals surface area (Å²) < 4.78 is 3.58. The van der Waals surface area contributed by atoms with Gasteiger partial charge in [-0.3, -0.25) is 14.5 Å². The lowest BCUT2D eigenvalue weighted by Gasteiger charge is -2.50. The molecule has 2 aliphatic heterocycles. The van der Waals surface area contributed by atoms with E-state index in [0.29, 0.717) is 17.9 Å². The lowest BCUT2D eigenvalue weighted by molar-refractivity contribution is -0.662. The molecule has 0 unspecified atom stereocenters. The molecule has 2 aliphatic rings. The van der Waals surface area contributed by atoms with E-state index in [1.807, 2.05) is 16.7 Å². The number of thioether (sulfide) groups is 2. The lowest BCUT2D eigenvalue weighted by Crippen LogP contribution is -2.71. The number of fused-ring (bicyclic) bond motifs is 2. The number of nitrogens with one attached hydrogen (secondary N) is 1. The minimum absolute atomic E-state index is 0.148. The number of hydrogen-bond donors (Lipinski definition) is 3. The Morgan fingerprint density at radius 2 is 2.23 bits per heavy atom. The molecule has 1 saturated heterocycles. The van der Waals surface area contributed by atoms with E-state index in [4.69, 9.17) is 16.3 Å². The minimum Gasteiger partial charge on any atom is -0.543 e. The molecule has 210 valence electrons. The number of amides is 2. The summed E-state index contributed by atoms with van der Waals surface area (Å²) >= 11 is 4.08. The Labute approximate surface area is 240 Å². The smallest absolute Gasteiger partial charge is 0.307 e. The van der Waals surface area contributed by atoms with Gasteiger partial charge in [0.05, 0.1) is 11.7 Å². The summed E-state index contributed by atoms with van der Waals surface area (Å²) in [7, 11) is 1.28. The average molecular weight is 604 g/mol. The number of nitrogen functional groups attached to an aromatic ring is 1. The number of aliphatic carboxylic acids is 1. The number of rotatable bonds is 11. The molecule has 17 heteroatoms. The number of aromatic nitrogens is 4. The van der Waals surface area contributed by atoms with Crippen molar-refractivity contribution in [2.75, 3.05) is 30.9 Å². The molecule has 0 bridgehead atoms. The number of carboxylic acid groups (broad SMARTS) is 1. The third-order valence-corrected chi connectivity index (χ3v) is 9.17. The van der Waals surface area contributed by atoms with Crippen molar-refractivity contribution >= 4 is 69.1 Å². The van der Waals surface area contributed by atoms with Crippen LogP contribution < -0.4 is 26.5 Å². The van der Waals surface area contributed by atoms with Crippen LogP contribution in [0.3, 0.4) is 0 Å². The van der Waals surface area contributed by atoms with Gasteiger partial charge < -0.3 is 31.5 Å². The van der Waals surface area contributed by atoms with Gasteiger partial charge in [0.2, 0.25) is 0 Å². The number of oxime groups is 1. The second-order valence-corrected chi connectivity index (χ2v) is 11.8. The molecule has 0 aliphatic carbocycles. The van der Waals surface area contributed by atoms with E-state index in [2.05, 4.69) is 20.6 Å². The van der Waals surface area contributed by atoms with Crippen molar-refractivity contribution in [2.45, 2.75) is 29.4 Å². The summed E-state index contributed by atoms with van der Waals surface area (Å²) in [6, 6.07) is 2.85. The molecule has 1 fully saturated rings. The molecular weight excluding hydrogens is 579 g/mol. The van der Waals surface area contributed by atoms with E-state index in [-0.39, 0.29) is 28.8 Å². The van der Waals surface area contributed by atoms with Crippen LogP contribution in [0.15, 0.2) is 51.4 Å². The fourth-order valence-corrected chi connectivity index (χ4v) is 7.05. The summed E-state index contributed by atoms with van der Waals surface area (Å²) in [5, 5.41) is 25.2. The third-order valence-electron chi connectivity index (χ3n) is 6.15. The Morgan fingerprint density at radius 3 is 2.92 bits per heavy atom. The summed E-state index contributed by atoms with van der Waals surface area (Å²) in [5.41, 5.74) is 12.4. The monoisotopic (exact) mass is 603 g/mol. The first kappa shape index (κ1) is 27.9. The highest BCUT2D eigenvalue weighted by molar-refractivity contribution is 8.00. The highest BCUT2D eigenvalue weighted by Gasteiger charge is 2.53. The van der Waals surface area contributed by atoms with Gasteiger partial charge in [-0.2, -0.15) is 0 Å². The van der Waals surface area contributed by atoms with Crippen molar-refractivity contribution in [3.63, 3.8) is 0 Å². The van der Waals surface area contributed by atoms with Gasteiger partial charge in [0.25, 0.3) is 11.8 Å². The molecule has 5 heterocycles. The quantitative estimate of drug-likeness (QED) is 0.0579. The van der Waals surface area contributed by atoms with Crippen molar-refractivity contribution in [3.05, 3.63) is 46.9 Å². The molecule has 40 heavy (non-hydrogen) atoms. The fourth-order valence-electron chi connectivity index (χ4n) is 4.34. The Bertz CT molecular complexity index is 1530. The lowest BCUT2D eigenvalue weighted by atomic mass is 10.0. The molecule has 3 aromatic heterocycles. The maximum Gasteiger partial charge on any atom is 0.307 e. The van der Waals surface area contributed by atoms with Gasteiger partial charge >= 0.3 is 5.65 Å². The summed E-state index contributed by atoms with van der Waals surface area (Å²) in [5.74, 6) is -1.54. The van der Waals surface area contributed by atoms with Gasteiger partial charge in [0, 0.05) is 28.5 Å². The summed E-state index contributed by atoms with van der Waals surface area (Å²) in [6.45, 7) is 0.836. The van der Waals surface area contributed by atoms with E-state index in [0.717, 1.165) is 34.2 Å². The van der Waals surface area contributed by atoms with E-state index in [9.17, 15) is 19.5 Å². The number of imidazole rings is 1. The molecule has 0 aromatic carbocycles. The molecular formula is C23H25N9O5S3. The summed E-state index contributed by atoms with van der Waals surface area (Å²) in [6.07, 6.45) is 4.48. The van der Waals surface area contributed by atoms with Crippen LogP contribution in [0.5, 0.6) is 0 Å². The second-order valence-electron chi connectivity index (χ2n) is 8.69. The molecule has 0 saturated carbocycles. The first-order chi connectivity index (χ1) is 19.3. The van der Waals surface area contributed by atoms with Crippen molar-refractivity contribution in [1.82, 2.24) is 24.8 Å². The van der Waals surface area contributed by atoms with Crippen LogP contribution >= 0.6 is 34.9 Å². The number of hydrogen-bond acceptors (Lipinski definition) is 13. The van der Waals surface area contributed by atoms with Crippen LogP contribution in [-0.4, -0.2) is 79.6 Å². The number of anilines is 1. The third kappa shape index (κ3) is 5.36. The SMILES string of the molecule is CO/N=C(\C(=O)N[C@@H]1C(=O)N2C(C(=O)[O-])=C(C[n+]3ccn4nc(SCCCN)ccc43)CS[C@H]12)c1csc(N)n1. The Kier molecular flexibility index (Phi) is 8.24. The van der Waals surface area contributed by atoms with Crippen molar-refractivity contribution in [2.24, 2.45) is 10.9 Å². The van der Waals surface area contributed by atoms with Crippen LogP contribution in [-0.2, 0) is 25.8 Å². The normalized spacial score (nSPS) is 19.0. The van der Waals surface area contributed by atoms with E-state index >= 15 is 0 Å². The van der Waals surface area contributed by atoms with Crippen molar-refractivity contribution in [1.29, 1.82) is 0 Å². The first-order valence-electron chi connectivity index (χ1n) is 12.0. The van der Waals surface area contributed by atoms with Crippen molar-refractivity contribution in [3.8, 4) is 0 Å². The maximum atomic E-state index is 13.1. The summed E-state index contributed by atoms with van der Waals surface area (Å²) in [4.78, 5) is 48.3.